The van der Waals surface area contributed by atoms with Crippen LogP contribution in [0, 0.1) is 5.82 Å². The molecule has 1 aromatic carbocycles. The largest absolute Gasteiger partial charge is 0.355 e. The standard InChI is InChI=1S/C15H19FN4OS/c1-3-8-17-14(21)10-20(2)15-18-13(19-22-15)9-11-4-6-12(16)7-5-11/h4-7H,3,8-10H2,1-2H3,(H,17,21). The van der Waals surface area contributed by atoms with Gasteiger partial charge < -0.3 is 10.2 Å². The molecule has 0 unspecified atom stereocenters. The van der Waals surface area contributed by atoms with Crippen molar-refractivity contribution in [3.05, 3.63) is 41.5 Å². The van der Waals surface area contributed by atoms with E-state index in [2.05, 4.69) is 14.7 Å². The summed E-state index contributed by atoms with van der Waals surface area (Å²) in [6.45, 7) is 2.94. The van der Waals surface area contributed by atoms with E-state index in [1.54, 1.807) is 17.0 Å². The van der Waals surface area contributed by atoms with Crippen molar-refractivity contribution in [2.75, 3.05) is 25.0 Å². The number of likely N-dealkylation sites (N-methyl/N-ethyl adjacent to an activating group) is 1. The summed E-state index contributed by atoms with van der Waals surface area (Å²) in [5, 5.41) is 3.52. The minimum absolute atomic E-state index is 0.0281. The molecule has 0 saturated heterocycles. The fourth-order valence-corrected chi connectivity index (χ4v) is 2.50. The van der Waals surface area contributed by atoms with E-state index in [1.807, 2.05) is 14.0 Å². The highest BCUT2D eigenvalue weighted by Crippen LogP contribution is 2.17. The molecular formula is C15H19FN4OS. The van der Waals surface area contributed by atoms with E-state index in [9.17, 15) is 9.18 Å². The molecule has 7 heteroatoms. The van der Waals surface area contributed by atoms with Crippen molar-refractivity contribution in [2.45, 2.75) is 19.8 Å². The predicted octanol–water partition coefficient (Wildman–Crippen LogP) is 2.23. The van der Waals surface area contributed by atoms with Gasteiger partial charge in [-0.05, 0) is 24.1 Å². The molecule has 0 spiro atoms. The minimum atomic E-state index is -0.256. The van der Waals surface area contributed by atoms with E-state index in [1.165, 1.54) is 23.7 Å². The monoisotopic (exact) mass is 322 g/mol. The van der Waals surface area contributed by atoms with Crippen molar-refractivity contribution in [2.24, 2.45) is 0 Å². The van der Waals surface area contributed by atoms with E-state index in [4.69, 9.17) is 0 Å². The van der Waals surface area contributed by atoms with Crippen LogP contribution in [-0.2, 0) is 11.2 Å². The van der Waals surface area contributed by atoms with Crippen LogP contribution in [0.4, 0.5) is 9.52 Å². The van der Waals surface area contributed by atoms with Crippen molar-refractivity contribution < 1.29 is 9.18 Å². The Morgan fingerprint density at radius 2 is 2.09 bits per heavy atom. The maximum Gasteiger partial charge on any atom is 0.239 e. The third-order valence-corrected chi connectivity index (χ3v) is 3.88. The van der Waals surface area contributed by atoms with Gasteiger partial charge in [0.05, 0.1) is 6.54 Å². The summed E-state index contributed by atoms with van der Waals surface area (Å²) >= 11 is 1.26. The van der Waals surface area contributed by atoms with E-state index in [-0.39, 0.29) is 18.3 Å². The molecule has 22 heavy (non-hydrogen) atoms. The quantitative estimate of drug-likeness (QED) is 0.849. The third-order valence-electron chi connectivity index (χ3n) is 3.01. The Balaban J connectivity index is 1.92. The van der Waals surface area contributed by atoms with Gasteiger partial charge in [0.1, 0.15) is 11.6 Å². The summed E-state index contributed by atoms with van der Waals surface area (Å²) in [4.78, 5) is 17.9. The molecule has 2 rings (SSSR count). The predicted molar refractivity (Wildman–Crippen MR) is 85.7 cm³/mol. The van der Waals surface area contributed by atoms with Gasteiger partial charge in [-0.25, -0.2) is 9.37 Å². The van der Waals surface area contributed by atoms with Crippen LogP contribution >= 0.6 is 11.5 Å². The van der Waals surface area contributed by atoms with Crippen molar-refractivity contribution in [3.63, 3.8) is 0 Å². The van der Waals surface area contributed by atoms with Gasteiger partial charge in [-0.1, -0.05) is 19.1 Å². The first-order valence-corrected chi connectivity index (χ1v) is 7.90. The Hall–Kier alpha value is -2.02. The SMILES string of the molecule is CCCNC(=O)CN(C)c1nc(Cc2ccc(F)cc2)ns1. The van der Waals surface area contributed by atoms with Crippen LogP contribution in [-0.4, -0.2) is 35.4 Å². The number of amides is 1. The van der Waals surface area contributed by atoms with Crippen LogP contribution in [0.15, 0.2) is 24.3 Å². The number of hydrogen-bond acceptors (Lipinski definition) is 5. The summed E-state index contributed by atoms with van der Waals surface area (Å²) in [6, 6.07) is 6.29. The van der Waals surface area contributed by atoms with Crippen LogP contribution in [0.3, 0.4) is 0 Å². The Kier molecular flexibility index (Phi) is 5.83. The number of benzene rings is 1. The third kappa shape index (κ3) is 4.77. The molecule has 0 aliphatic rings. The zero-order valence-electron chi connectivity index (χ0n) is 12.7. The first kappa shape index (κ1) is 16.4. The lowest BCUT2D eigenvalue weighted by Gasteiger charge is -2.14. The molecular weight excluding hydrogens is 303 g/mol. The highest BCUT2D eigenvalue weighted by molar-refractivity contribution is 7.09. The minimum Gasteiger partial charge on any atom is -0.355 e. The van der Waals surface area contributed by atoms with Crippen LogP contribution in [0.2, 0.25) is 0 Å². The lowest BCUT2D eigenvalue weighted by Crippen LogP contribution is -2.35. The average molecular weight is 322 g/mol. The van der Waals surface area contributed by atoms with Gasteiger partial charge in [-0.2, -0.15) is 4.37 Å². The molecule has 1 amide bonds. The zero-order chi connectivity index (χ0) is 15.9. The van der Waals surface area contributed by atoms with Crippen LogP contribution in [0.25, 0.3) is 0 Å². The number of nitrogens with zero attached hydrogens (tertiary/aromatic N) is 3. The van der Waals surface area contributed by atoms with Crippen LogP contribution in [0.1, 0.15) is 24.7 Å². The number of rotatable bonds is 7. The maximum atomic E-state index is 12.9. The Bertz CT molecular complexity index is 614. The maximum absolute atomic E-state index is 12.9. The second-order valence-electron chi connectivity index (χ2n) is 5.00. The number of halogens is 1. The molecule has 1 N–H and O–H groups in total. The van der Waals surface area contributed by atoms with Gasteiger partial charge in [0, 0.05) is 31.5 Å². The topological polar surface area (TPSA) is 58.1 Å². The van der Waals surface area contributed by atoms with Crippen molar-refractivity contribution in [1.82, 2.24) is 14.7 Å². The summed E-state index contributed by atoms with van der Waals surface area (Å²) in [6.07, 6.45) is 1.46. The lowest BCUT2D eigenvalue weighted by molar-refractivity contribution is -0.119. The Morgan fingerprint density at radius 3 is 2.77 bits per heavy atom. The highest BCUT2D eigenvalue weighted by Gasteiger charge is 2.12. The van der Waals surface area contributed by atoms with Crippen LogP contribution in [0.5, 0.6) is 0 Å². The Morgan fingerprint density at radius 1 is 1.36 bits per heavy atom. The van der Waals surface area contributed by atoms with Gasteiger partial charge >= 0.3 is 0 Å². The second-order valence-corrected chi connectivity index (χ2v) is 5.73. The van der Waals surface area contributed by atoms with E-state index >= 15 is 0 Å². The fourth-order valence-electron chi connectivity index (χ4n) is 1.86. The number of nitrogens with one attached hydrogen (secondary N) is 1. The smallest absolute Gasteiger partial charge is 0.239 e. The average Bonchev–Trinajstić information content (AvgIpc) is 2.96. The van der Waals surface area contributed by atoms with Crippen molar-refractivity contribution in [1.29, 1.82) is 0 Å². The molecule has 0 radical (unpaired) electrons. The van der Waals surface area contributed by atoms with Gasteiger partial charge in [0.25, 0.3) is 0 Å². The van der Waals surface area contributed by atoms with Gasteiger partial charge in [-0.3, -0.25) is 4.79 Å². The molecule has 0 saturated carbocycles. The highest BCUT2D eigenvalue weighted by atomic mass is 32.1. The normalized spacial score (nSPS) is 10.5. The molecule has 0 aliphatic heterocycles. The van der Waals surface area contributed by atoms with E-state index in [0.717, 1.165) is 12.0 Å². The molecule has 0 bridgehead atoms. The molecule has 0 fully saturated rings. The molecule has 0 aliphatic carbocycles. The first-order chi connectivity index (χ1) is 10.6. The van der Waals surface area contributed by atoms with Gasteiger partial charge in [0.2, 0.25) is 11.0 Å². The summed E-state index contributed by atoms with van der Waals surface area (Å²) in [7, 11) is 1.81. The molecule has 0 atom stereocenters. The van der Waals surface area contributed by atoms with E-state index < -0.39 is 0 Å². The second kappa shape index (κ2) is 7.84. The number of hydrogen-bond donors (Lipinski definition) is 1. The Labute approximate surface area is 133 Å². The fraction of sp³-hybridized carbons (Fsp3) is 0.400. The zero-order valence-corrected chi connectivity index (χ0v) is 13.5. The molecule has 2 aromatic rings. The summed E-state index contributed by atoms with van der Waals surface area (Å²) in [5.74, 6) is 0.389. The van der Waals surface area contributed by atoms with Crippen molar-refractivity contribution >= 4 is 22.6 Å². The van der Waals surface area contributed by atoms with Gasteiger partial charge in [-0.15, -0.1) is 0 Å². The number of carbonyl (C=O) groups is 1. The summed E-state index contributed by atoms with van der Waals surface area (Å²) in [5.41, 5.74) is 0.953. The lowest BCUT2D eigenvalue weighted by atomic mass is 10.1. The van der Waals surface area contributed by atoms with Crippen LogP contribution < -0.4 is 10.2 Å². The van der Waals surface area contributed by atoms with Gasteiger partial charge in [0.15, 0.2) is 0 Å². The molecule has 1 aromatic heterocycles. The molecule has 1 heterocycles. The first-order valence-electron chi connectivity index (χ1n) is 7.13. The van der Waals surface area contributed by atoms with Crippen molar-refractivity contribution in [3.8, 4) is 0 Å². The molecule has 118 valence electrons. The van der Waals surface area contributed by atoms with E-state index in [0.29, 0.717) is 23.9 Å². The molecule has 5 nitrogen and oxygen atoms in total. The number of carbonyl (C=O) groups excluding carboxylic acids is 1. The number of anilines is 1. The number of aromatic nitrogens is 2. The summed E-state index contributed by atoms with van der Waals surface area (Å²) < 4.78 is 17.2.